The fraction of sp³-hybridized carbons (Fsp3) is 0.800. The van der Waals surface area contributed by atoms with Crippen LogP contribution in [0.2, 0.25) is 0 Å². The maximum atomic E-state index is 11.4. The normalized spacial score (nSPS) is 43.6. The first kappa shape index (κ1) is 10.0. The highest BCUT2D eigenvalue weighted by Crippen LogP contribution is 2.47. The SMILES string of the molecule is O=C(CCO)OC1C2CC3C(=O)OC1C3O2. The highest BCUT2D eigenvalue weighted by Gasteiger charge is 2.64. The Morgan fingerprint density at radius 1 is 1.50 bits per heavy atom. The van der Waals surface area contributed by atoms with Crippen molar-refractivity contribution < 1.29 is 28.9 Å². The molecule has 5 atom stereocenters. The van der Waals surface area contributed by atoms with Gasteiger partial charge < -0.3 is 19.3 Å². The zero-order chi connectivity index (χ0) is 11.3. The van der Waals surface area contributed by atoms with Crippen LogP contribution in [0.4, 0.5) is 0 Å². The summed E-state index contributed by atoms with van der Waals surface area (Å²) in [4.78, 5) is 22.6. The summed E-state index contributed by atoms with van der Waals surface area (Å²) in [6.07, 6.45) is -0.890. The molecule has 5 unspecified atom stereocenters. The standard InChI is InChI=1S/C10H12O6/c11-2-1-6(12)15-8-5-3-4-7(14-5)9(8)16-10(4)13/h4-5,7-9,11H,1-3H2. The van der Waals surface area contributed by atoms with Crippen molar-refractivity contribution in [3.63, 3.8) is 0 Å². The van der Waals surface area contributed by atoms with E-state index in [9.17, 15) is 9.59 Å². The molecule has 3 fully saturated rings. The molecule has 0 aromatic heterocycles. The smallest absolute Gasteiger partial charge is 0.312 e. The van der Waals surface area contributed by atoms with Crippen molar-refractivity contribution in [2.75, 3.05) is 6.61 Å². The molecule has 0 aromatic rings. The Kier molecular flexibility index (Phi) is 2.15. The number of hydrogen-bond donors (Lipinski definition) is 1. The number of aliphatic hydroxyl groups is 1. The highest BCUT2D eigenvalue weighted by atomic mass is 16.7. The molecular weight excluding hydrogens is 216 g/mol. The van der Waals surface area contributed by atoms with Crippen LogP contribution in [-0.4, -0.2) is 48.1 Å². The average molecular weight is 228 g/mol. The summed E-state index contributed by atoms with van der Waals surface area (Å²) in [5.74, 6) is -0.913. The third-order valence-corrected chi connectivity index (χ3v) is 3.37. The Morgan fingerprint density at radius 2 is 2.31 bits per heavy atom. The highest BCUT2D eigenvalue weighted by molar-refractivity contribution is 5.77. The van der Waals surface area contributed by atoms with Gasteiger partial charge in [-0.1, -0.05) is 0 Å². The molecule has 6 nitrogen and oxygen atoms in total. The van der Waals surface area contributed by atoms with E-state index in [1.807, 2.05) is 0 Å². The number of carbonyl (C=O) groups is 2. The molecule has 0 aromatic carbocycles. The van der Waals surface area contributed by atoms with Crippen LogP contribution in [0.5, 0.6) is 0 Å². The van der Waals surface area contributed by atoms with Crippen molar-refractivity contribution in [1.82, 2.24) is 0 Å². The topological polar surface area (TPSA) is 82.1 Å². The Balaban J connectivity index is 1.70. The van der Waals surface area contributed by atoms with Gasteiger partial charge in [0.15, 0.2) is 12.2 Å². The van der Waals surface area contributed by atoms with Crippen molar-refractivity contribution in [2.24, 2.45) is 5.92 Å². The van der Waals surface area contributed by atoms with E-state index >= 15 is 0 Å². The van der Waals surface area contributed by atoms with Gasteiger partial charge in [-0.15, -0.1) is 0 Å². The number of fused-ring (bicyclic) bond motifs is 1. The molecule has 3 rings (SSSR count). The molecule has 0 saturated carbocycles. The van der Waals surface area contributed by atoms with Crippen molar-refractivity contribution in [2.45, 2.75) is 37.3 Å². The molecule has 88 valence electrons. The van der Waals surface area contributed by atoms with Gasteiger partial charge in [0.05, 0.1) is 25.0 Å². The lowest BCUT2D eigenvalue weighted by Crippen LogP contribution is -2.40. The minimum absolute atomic E-state index is 0.0437. The fourth-order valence-electron chi connectivity index (χ4n) is 2.68. The predicted molar refractivity (Wildman–Crippen MR) is 48.2 cm³/mol. The van der Waals surface area contributed by atoms with Crippen LogP contribution < -0.4 is 0 Å². The average Bonchev–Trinajstić information content (AvgIpc) is 2.82. The Labute approximate surface area is 91.5 Å². The van der Waals surface area contributed by atoms with Crippen LogP contribution in [-0.2, 0) is 23.8 Å². The second kappa shape index (κ2) is 3.43. The van der Waals surface area contributed by atoms with E-state index in [-0.39, 0.29) is 37.1 Å². The molecule has 16 heavy (non-hydrogen) atoms. The van der Waals surface area contributed by atoms with E-state index in [1.165, 1.54) is 0 Å². The van der Waals surface area contributed by atoms with Crippen molar-refractivity contribution in [3.05, 3.63) is 0 Å². The molecule has 3 heterocycles. The fourth-order valence-corrected chi connectivity index (χ4v) is 2.68. The largest absolute Gasteiger partial charge is 0.455 e. The number of esters is 2. The lowest BCUT2D eigenvalue weighted by Gasteiger charge is -2.22. The summed E-state index contributed by atoms with van der Waals surface area (Å²) in [6.45, 7) is -0.242. The van der Waals surface area contributed by atoms with Crippen molar-refractivity contribution in [3.8, 4) is 0 Å². The van der Waals surface area contributed by atoms with Gasteiger partial charge in [0.1, 0.15) is 6.10 Å². The van der Waals surface area contributed by atoms with Gasteiger partial charge >= 0.3 is 11.9 Å². The summed E-state index contributed by atoms with van der Waals surface area (Å²) in [7, 11) is 0. The quantitative estimate of drug-likeness (QED) is 0.623. The van der Waals surface area contributed by atoms with Gasteiger partial charge in [-0.25, -0.2) is 0 Å². The van der Waals surface area contributed by atoms with Gasteiger partial charge in [0, 0.05) is 0 Å². The van der Waals surface area contributed by atoms with E-state index in [0.717, 1.165) is 0 Å². The summed E-state index contributed by atoms with van der Waals surface area (Å²) < 4.78 is 15.8. The molecule has 2 bridgehead atoms. The molecule has 0 aliphatic carbocycles. The predicted octanol–water partition coefficient (Wildman–Crippen LogP) is -1.01. The second-order valence-electron chi connectivity index (χ2n) is 4.31. The lowest BCUT2D eigenvalue weighted by molar-refractivity contribution is -0.161. The lowest BCUT2D eigenvalue weighted by atomic mass is 9.88. The Morgan fingerprint density at radius 3 is 3.06 bits per heavy atom. The van der Waals surface area contributed by atoms with Crippen LogP contribution >= 0.6 is 0 Å². The van der Waals surface area contributed by atoms with Gasteiger partial charge in [0.25, 0.3) is 0 Å². The van der Waals surface area contributed by atoms with Crippen LogP contribution in [0.15, 0.2) is 0 Å². The summed E-state index contributed by atoms with van der Waals surface area (Å²) in [5, 5.41) is 8.60. The number of aliphatic hydroxyl groups excluding tert-OH is 1. The molecule has 1 N–H and O–H groups in total. The summed E-state index contributed by atoms with van der Waals surface area (Å²) in [5.41, 5.74) is 0. The van der Waals surface area contributed by atoms with Gasteiger partial charge in [-0.3, -0.25) is 9.59 Å². The molecule has 0 radical (unpaired) electrons. The number of carbonyl (C=O) groups excluding carboxylic acids is 2. The maximum absolute atomic E-state index is 11.4. The Hall–Kier alpha value is -1.14. The van der Waals surface area contributed by atoms with Gasteiger partial charge in [-0.05, 0) is 6.42 Å². The Bertz CT molecular complexity index is 340. The van der Waals surface area contributed by atoms with Crippen molar-refractivity contribution >= 4 is 11.9 Å². The number of hydrogen-bond acceptors (Lipinski definition) is 6. The molecule has 6 heteroatoms. The molecule has 0 amide bonds. The molecule has 3 aliphatic heterocycles. The first-order valence-electron chi connectivity index (χ1n) is 5.37. The molecule has 0 spiro atoms. The molecule has 3 aliphatic rings. The number of ether oxygens (including phenoxy) is 3. The minimum atomic E-state index is -0.494. The first-order chi connectivity index (χ1) is 7.70. The zero-order valence-corrected chi connectivity index (χ0v) is 8.50. The minimum Gasteiger partial charge on any atom is -0.455 e. The summed E-state index contributed by atoms with van der Waals surface area (Å²) >= 11 is 0. The van der Waals surface area contributed by atoms with E-state index in [0.29, 0.717) is 6.42 Å². The maximum Gasteiger partial charge on any atom is 0.312 e. The van der Waals surface area contributed by atoms with Crippen LogP contribution in [0.3, 0.4) is 0 Å². The van der Waals surface area contributed by atoms with E-state index in [1.54, 1.807) is 0 Å². The van der Waals surface area contributed by atoms with E-state index in [4.69, 9.17) is 19.3 Å². The molecular formula is C10H12O6. The van der Waals surface area contributed by atoms with Crippen LogP contribution in [0.1, 0.15) is 12.8 Å². The number of rotatable bonds is 3. The first-order valence-corrected chi connectivity index (χ1v) is 5.37. The van der Waals surface area contributed by atoms with Gasteiger partial charge in [-0.2, -0.15) is 0 Å². The van der Waals surface area contributed by atoms with Crippen LogP contribution in [0, 0.1) is 5.92 Å². The summed E-state index contributed by atoms with van der Waals surface area (Å²) in [6, 6.07) is 0. The monoisotopic (exact) mass is 228 g/mol. The molecule has 3 saturated heterocycles. The third kappa shape index (κ3) is 1.26. The van der Waals surface area contributed by atoms with Crippen molar-refractivity contribution in [1.29, 1.82) is 0 Å². The zero-order valence-electron chi connectivity index (χ0n) is 8.50. The van der Waals surface area contributed by atoms with E-state index < -0.39 is 18.2 Å². The van der Waals surface area contributed by atoms with E-state index in [2.05, 4.69) is 0 Å². The van der Waals surface area contributed by atoms with Gasteiger partial charge in [0.2, 0.25) is 0 Å². The second-order valence-corrected chi connectivity index (χ2v) is 4.31. The third-order valence-electron chi connectivity index (χ3n) is 3.37. The van der Waals surface area contributed by atoms with Crippen LogP contribution in [0.25, 0.3) is 0 Å².